The van der Waals surface area contributed by atoms with E-state index in [9.17, 15) is 13.5 Å². The van der Waals surface area contributed by atoms with E-state index in [1.165, 1.54) is 10.4 Å². The number of aromatic nitrogens is 1. The summed E-state index contributed by atoms with van der Waals surface area (Å²) in [4.78, 5) is 4.36. The first-order valence-electron chi connectivity index (χ1n) is 6.63. The van der Waals surface area contributed by atoms with Crippen LogP contribution in [0, 0.1) is 6.92 Å². The van der Waals surface area contributed by atoms with Crippen LogP contribution in [0.15, 0.2) is 29.2 Å². The predicted octanol–water partition coefficient (Wildman–Crippen LogP) is 1.95. The molecule has 2 aromatic rings. The zero-order valence-corrected chi connectivity index (χ0v) is 13.0. The molecule has 1 unspecified atom stereocenters. The summed E-state index contributed by atoms with van der Waals surface area (Å²) < 4.78 is 26.7. The van der Waals surface area contributed by atoms with Crippen LogP contribution in [0.25, 0.3) is 10.9 Å². The van der Waals surface area contributed by atoms with Crippen molar-refractivity contribution in [2.45, 2.75) is 24.3 Å². The van der Waals surface area contributed by atoms with Crippen LogP contribution >= 0.6 is 11.6 Å². The Labute approximate surface area is 128 Å². The second kappa shape index (κ2) is 5.21. The summed E-state index contributed by atoms with van der Waals surface area (Å²) in [5.41, 5.74) is 1.17. The van der Waals surface area contributed by atoms with Crippen LogP contribution in [-0.4, -0.2) is 42.0 Å². The van der Waals surface area contributed by atoms with E-state index in [1.807, 2.05) is 19.1 Å². The van der Waals surface area contributed by atoms with Crippen LogP contribution in [0.5, 0.6) is 0 Å². The van der Waals surface area contributed by atoms with Gasteiger partial charge in [-0.25, -0.2) is 13.4 Å². The lowest BCUT2D eigenvalue weighted by molar-refractivity contribution is 0.189. The van der Waals surface area contributed by atoms with Crippen LogP contribution in [0.1, 0.15) is 12.0 Å². The Hall–Kier alpha value is -1.21. The molecule has 0 spiro atoms. The molecule has 3 rings (SSSR count). The highest BCUT2D eigenvalue weighted by atomic mass is 35.5. The Kier molecular flexibility index (Phi) is 3.65. The summed E-state index contributed by atoms with van der Waals surface area (Å²) in [6.07, 6.45) is -0.148. The first kappa shape index (κ1) is 14.7. The highest BCUT2D eigenvalue weighted by Gasteiger charge is 2.33. The minimum Gasteiger partial charge on any atom is -0.392 e. The van der Waals surface area contributed by atoms with Crippen molar-refractivity contribution in [3.63, 3.8) is 0 Å². The lowest BCUT2D eigenvalue weighted by Crippen LogP contribution is -2.30. The zero-order valence-electron chi connectivity index (χ0n) is 11.5. The molecule has 0 radical (unpaired) electrons. The van der Waals surface area contributed by atoms with Crippen molar-refractivity contribution >= 4 is 32.5 Å². The molecular formula is C14H15ClN2O3S. The maximum atomic E-state index is 12.7. The van der Waals surface area contributed by atoms with Gasteiger partial charge in [-0.2, -0.15) is 4.31 Å². The first-order chi connectivity index (χ1) is 9.89. The second-order valence-corrected chi connectivity index (χ2v) is 7.49. The van der Waals surface area contributed by atoms with E-state index in [4.69, 9.17) is 11.6 Å². The van der Waals surface area contributed by atoms with Crippen LogP contribution < -0.4 is 0 Å². The molecule has 1 saturated heterocycles. The average Bonchev–Trinajstić information content (AvgIpc) is 2.87. The summed E-state index contributed by atoms with van der Waals surface area (Å²) in [7, 11) is -3.68. The molecule has 1 aromatic carbocycles. The van der Waals surface area contributed by atoms with Crippen LogP contribution in [0.2, 0.25) is 5.15 Å². The molecule has 1 aliphatic heterocycles. The van der Waals surface area contributed by atoms with Crippen molar-refractivity contribution in [1.82, 2.24) is 9.29 Å². The summed E-state index contributed by atoms with van der Waals surface area (Å²) >= 11 is 6.03. The molecule has 112 valence electrons. The van der Waals surface area contributed by atoms with Gasteiger partial charge in [-0.15, -0.1) is 0 Å². The number of β-amino-alcohol motifs (C(OH)–C–C–N with tert-alkyl or cyclic N) is 1. The standard InChI is InChI=1S/C14H15ClN2O3S/c1-9-7-10-3-2-4-12(13(10)16-14(9)15)21(19,20)17-6-5-11(18)8-17/h2-4,7,11,18H,5-6,8H2,1H3. The van der Waals surface area contributed by atoms with Gasteiger partial charge >= 0.3 is 0 Å². The Morgan fingerprint density at radius 2 is 2.19 bits per heavy atom. The molecule has 1 aliphatic rings. The van der Waals surface area contributed by atoms with Gasteiger partial charge in [0.05, 0.1) is 11.6 Å². The number of aliphatic hydroxyl groups is 1. The SMILES string of the molecule is Cc1cc2cccc(S(=O)(=O)N3CCC(O)C3)c2nc1Cl. The minimum atomic E-state index is -3.68. The number of hydrogen-bond donors (Lipinski definition) is 1. The monoisotopic (exact) mass is 326 g/mol. The van der Waals surface area contributed by atoms with E-state index in [0.29, 0.717) is 23.6 Å². The number of hydrogen-bond acceptors (Lipinski definition) is 4. The van der Waals surface area contributed by atoms with Gasteiger partial charge in [0, 0.05) is 18.5 Å². The summed E-state index contributed by atoms with van der Waals surface area (Å²) in [6, 6.07) is 6.85. The summed E-state index contributed by atoms with van der Waals surface area (Å²) in [6.45, 7) is 2.27. The molecule has 7 heteroatoms. The van der Waals surface area contributed by atoms with Crippen molar-refractivity contribution in [1.29, 1.82) is 0 Å². The first-order valence-corrected chi connectivity index (χ1v) is 8.45. The molecule has 0 bridgehead atoms. The third-order valence-electron chi connectivity index (χ3n) is 3.68. The van der Waals surface area contributed by atoms with E-state index in [1.54, 1.807) is 6.07 Å². The van der Waals surface area contributed by atoms with E-state index >= 15 is 0 Å². The van der Waals surface area contributed by atoms with Crippen molar-refractivity contribution < 1.29 is 13.5 Å². The molecule has 1 N–H and O–H groups in total. The fourth-order valence-electron chi connectivity index (χ4n) is 2.53. The lowest BCUT2D eigenvalue weighted by Gasteiger charge is -2.17. The van der Waals surface area contributed by atoms with E-state index in [0.717, 1.165) is 10.9 Å². The summed E-state index contributed by atoms with van der Waals surface area (Å²) in [5.74, 6) is 0. The third-order valence-corrected chi connectivity index (χ3v) is 5.96. The topological polar surface area (TPSA) is 70.5 Å². The zero-order chi connectivity index (χ0) is 15.2. The van der Waals surface area contributed by atoms with Crippen molar-refractivity contribution in [2.75, 3.05) is 13.1 Å². The highest BCUT2D eigenvalue weighted by molar-refractivity contribution is 7.89. The molecule has 0 aliphatic carbocycles. The molecule has 1 aromatic heterocycles. The normalized spacial score (nSPS) is 20.2. The number of rotatable bonds is 2. The highest BCUT2D eigenvalue weighted by Crippen LogP contribution is 2.29. The number of benzene rings is 1. The van der Waals surface area contributed by atoms with E-state index < -0.39 is 16.1 Å². The van der Waals surface area contributed by atoms with Gasteiger partial charge in [-0.1, -0.05) is 23.7 Å². The Bertz CT molecular complexity index is 807. The number of fused-ring (bicyclic) bond motifs is 1. The fourth-order valence-corrected chi connectivity index (χ4v) is 4.32. The third kappa shape index (κ3) is 2.53. The molecular weight excluding hydrogens is 312 g/mol. The van der Waals surface area contributed by atoms with Gasteiger partial charge in [0.2, 0.25) is 10.0 Å². The molecule has 1 atom stereocenters. The number of aryl methyl sites for hydroxylation is 1. The predicted molar refractivity (Wildman–Crippen MR) is 80.9 cm³/mol. The quantitative estimate of drug-likeness (QED) is 0.856. The lowest BCUT2D eigenvalue weighted by atomic mass is 10.2. The molecule has 21 heavy (non-hydrogen) atoms. The van der Waals surface area contributed by atoms with Gasteiger partial charge in [0.15, 0.2) is 0 Å². The van der Waals surface area contributed by atoms with Crippen molar-refractivity contribution in [3.05, 3.63) is 35.0 Å². The minimum absolute atomic E-state index is 0.123. The van der Waals surface area contributed by atoms with Crippen molar-refractivity contribution in [3.8, 4) is 0 Å². The Balaban J connectivity index is 2.18. The van der Waals surface area contributed by atoms with Gasteiger partial charge in [-0.3, -0.25) is 0 Å². The molecule has 1 fully saturated rings. The molecule has 2 heterocycles. The number of nitrogens with zero attached hydrogens (tertiary/aromatic N) is 2. The van der Waals surface area contributed by atoms with Crippen LogP contribution in [0.4, 0.5) is 0 Å². The Morgan fingerprint density at radius 1 is 1.43 bits per heavy atom. The number of sulfonamides is 1. The maximum Gasteiger partial charge on any atom is 0.245 e. The molecule has 0 saturated carbocycles. The van der Waals surface area contributed by atoms with Crippen LogP contribution in [-0.2, 0) is 10.0 Å². The maximum absolute atomic E-state index is 12.7. The Morgan fingerprint density at radius 3 is 2.86 bits per heavy atom. The van der Waals surface area contributed by atoms with Gasteiger partial charge < -0.3 is 5.11 Å². The number of halogens is 1. The number of para-hydroxylation sites is 1. The second-order valence-electron chi connectivity index (χ2n) is 5.23. The largest absolute Gasteiger partial charge is 0.392 e. The number of aliphatic hydroxyl groups excluding tert-OH is 1. The smallest absolute Gasteiger partial charge is 0.245 e. The average molecular weight is 327 g/mol. The van der Waals surface area contributed by atoms with E-state index in [2.05, 4.69) is 4.98 Å². The molecule has 5 nitrogen and oxygen atoms in total. The fraction of sp³-hybridized carbons (Fsp3) is 0.357. The van der Waals surface area contributed by atoms with Crippen molar-refractivity contribution in [2.24, 2.45) is 0 Å². The van der Waals surface area contributed by atoms with Gasteiger partial charge in [0.1, 0.15) is 10.0 Å². The number of pyridine rings is 1. The van der Waals surface area contributed by atoms with Gasteiger partial charge in [-0.05, 0) is 31.0 Å². The van der Waals surface area contributed by atoms with Gasteiger partial charge in [0.25, 0.3) is 0 Å². The van der Waals surface area contributed by atoms with E-state index in [-0.39, 0.29) is 11.4 Å². The summed E-state index contributed by atoms with van der Waals surface area (Å²) in [5, 5.41) is 10.6. The molecule has 0 amide bonds. The van der Waals surface area contributed by atoms with Crippen LogP contribution in [0.3, 0.4) is 0 Å².